The van der Waals surface area contributed by atoms with Gasteiger partial charge in [-0.25, -0.2) is 14.4 Å². The van der Waals surface area contributed by atoms with Crippen LogP contribution in [0.2, 0.25) is 5.02 Å². The summed E-state index contributed by atoms with van der Waals surface area (Å²) in [5.74, 6) is -0.113. The average molecular weight is 593 g/mol. The fourth-order valence-corrected chi connectivity index (χ4v) is 5.34. The van der Waals surface area contributed by atoms with Crippen LogP contribution in [0.3, 0.4) is 0 Å². The molecule has 0 fully saturated rings. The number of nitrogens with zero attached hydrogens (tertiary/aromatic N) is 3. The van der Waals surface area contributed by atoms with Crippen molar-refractivity contribution in [3.63, 3.8) is 0 Å². The quantitative estimate of drug-likeness (QED) is 0.185. The number of aryl methyl sites for hydroxylation is 2. The second kappa shape index (κ2) is 12.6. The van der Waals surface area contributed by atoms with E-state index in [0.717, 1.165) is 11.4 Å². The van der Waals surface area contributed by atoms with Crippen LogP contribution in [-0.4, -0.2) is 39.2 Å². The lowest BCUT2D eigenvalue weighted by atomic mass is 10.0. The molecule has 1 N–H and O–H groups in total. The summed E-state index contributed by atoms with van der Waals surface area (Å²) in [4.78, 5) is 38.1. The van der Waals surface area contributed by atoms with Gasteiger partial charge in [0.15, 0.2) is 16.7 Å². The molecule has 41 heavy (non-hydrogen) atoms. The van der Waals surface area contributed by atoms with Gasteiger partial charge in [-0.3, -0.25) is 9.59 Å². The van der Waals surface area contributed by atoms with Gasteiger partial charge in [0.1, 0.15) is 11.9 Å². The first-order chi connectivity index (χ1) is 19.7. The highest BCUT2D eigenvalue weighted by Gasteiger charge is 2.32. The molecule has 210 valence electrons. The Balaban J connectivity index is 1.48. The Morgan fingerprint density at radius 3 is 2.37 bits per heavy atom. The molecule has 1 aliphatic rings. The van der Waals surface area contributed by atoms with Crippen molar-refractivity contribution in [1.82, 2.24) is 14.9 Å². The highest BCUT2D eigenvalue weighted by Crippen LogP contribution is 2.35. The van der Waals surface area contributed by atoms with Gasteiger partial charge in [-0.2, -0.15) is 0 Å². The van der Waals surface area contributed by atoms with Gasteiger partial charge in [0, 0.05) is 34.7 Å². The summed E-state index contributed by atoms with van der Waals surface area (Å²) in [5.41, 5.74) is 3.26. The number of hydrogen-bond donors (Lipinski definition) is 1. The number of thioether (sulfide) groups is 1. The van der Waals surface area contributed by atoms with E-state index in [-0.39, 0.29) is 25.0 Å². The number of halogens is 2. The van der Waals surface area contributed by atoms with Gasteiger partial charge in [0.2, 0.25) is 12.7 Å². The van der Waals surface area contributed by atoms with Crippen LogP contribution in [-0.2, 0) is 16.1 Å². The summed E-state index contributed by atoms with van der Waals surface area (Å²) in [6.07, 6.45) is 0. The van der Waals surface area contributed by atoms with E-state index in [1.54, 1.807) is 54.6 Å². The Morgan fingerprint density at radius 2 is 1.66 bits per heavy atom. The summed E-state index contributed by atoms with van der Waals surface area (Å²) < 4.78 is 24.5. The smallest absolute Gasteiger partial charge is 0.251 e. The predicted molar refractivity (Wildman–Crippen MR) is 155 cm³/mol. The molecule has 8 nitrogen and oxygen atoms in total. The van der Waals surface area contributed by atoms with Crippen LogP contribution in [0.25, 0.3) is 0 Å². The highest BCUT2D eigenvalue weighted by molar-refractivity contribution is 7.99. The van der Waals surface area contributed by atoms with Crippen molar-refractivity contribution in [2.75, 3.05) is 17.9 Å². The number of carbonyl (C=O) groups excluding carboxylic acids is 2. The topological polar surface area (TPSA) is 93.7 Å². The number of amides is 2. The third-order valence-electron chi connectivity index (χ3n) is 6.26. The van der Waals surface area contributed by atoms with Crippen LogP contribution in [0.15, 0.2) is 78.0 Å². The molecule has 1 aromatic heterocycles. The lowest BCUT2D eigenvalue weighted by Gasteiger charge is -2.31. The van der Waals surface area contributed by atoms with E-state index in [0.29, 0.717) is 38.5 Å². The fourth-order valence-electron chi connectivity index (χ4n) is 4.38. The number of anilines is 1. The van der Waals surface area contributed by atoms with Crippen molar-refractivity contribution in [3.05, 3.63) is 106 Å². The van der Waals surface area contributed by atoms with Crippen molar-refractivity contribution in [3.8, 4) is 11.5 Å². The van der Waals surface area contributed by atoms with E-state index in [4.69, 9.17) is 21.1 Å². The molecule has 0 aliphatic carbocycles. The van der Waals surface area contributed by atoms with Gasteiger partial charge in [0.25, 0.3) is 5.91 Å². The van der Waals surface area contributed by atoms with E-state index in [1.165, 1.54) is 28.8 Å². The first-order valence-electron chi connectivity index (χ1n) is 12.7. The van der Waals surface area contributed by atoms with Gasteiger partial charge >= 0.3 is 0 Å². The average Bonchev–Trinajstić information content (AvgIpc) is 3.41. The standard InChI is InChI=1S/C30H26ClFN4O4S/c1-18-13-19(2)34-30(33-18)41-16-27(37)36(15-20-3-9-23(32)10-4-20)28(21-5-7-22(31)8-6-21)29(38)35-24-11-12-25-26(14-24)40-17-39-25/h3-14,28H,15-17H2,1-2H3,(H,35,38)/t28-/m1/s1. The van der Waals surface area contributed by atoms with Crippen LogP contribution in [0.4, 0.5) is 10.1 Å². The summed E-state index contributed by atoms with van der Waals surface area (Å²) in [7, 11) is 0. The molecule has 1 atom stereocenters. The van der Waals surface area contributed by atoms with E-state index in [9.17, 15) is 14.0 Å². The van der Waals surface area contributed by atoms with Crippen LogP contribution in [0.1, 0.15) is 28.6 Å². The van der Waals surface area contributed by atoms with Gasteiger partial charge in [-0.15, -0.1) is 0 Å². The summed E-state index contributed by atoms with van der Waals surface area (Å²) in [6.45, 7) is 3.87. The minimum absolute atomic E-state index is 0.0223. The molecule has 3 aromatic carbocycles. The first-order valence-corrected chi connectivity index (χ1v) is 14.1. The number of hydrogen-bond acceptors (Lipinski definition) is 7. The molecule has 2 amide bonds. The molecule has 4 aromatic rings. The zero-order valence-electron chi connectivity index (χ0n) is 22.3. The molecule has 0 unspecified atom stereocenters. The van der Waals surface area contributed by atoms with Gasteiger partial charge in [0.05, 0.1) is 5.75 Å². The van der Waals surface area contributed by atoms with E-state index in [2.05, 4.69) is 15.3 Å². The Labute approximate surface area is 245 Å². The van der Waals surface area contributed by atoms with Gasteiger partial charge in [-0.05, 0) is 67.4 Å². The Kier molecular flexibility index (Phi) is 8.70. The summed E-state index contributed by atoms with van der Waals surface area (Å²) >= 11 is 7.34. The molecule has 0 spiro atoms. The Morgan fingerprint density at radius 1 is 0.976 bits per heavy atom. The second-order valence-corrected chi connectivity index (χ2v) is 10.8. The number of ether oxygens (including phenoxy) is 2. The minimum Gasteiger partial charge on any atom is -0.454 e. The fraction of sp³-hybridized carbons (Fsp3) is 0.200. The number of rotatable bonds is 9. The largest absolute Gasteiger partial charge is 0.454 e. The Bertz CT molecular complexity index is 1550. The Hall–Kier alpha value is -4.15. The van der Waals surface area contributed by atoms with Crippen molar-refractivity contribution in [2.45, 2.75) is 31.6 Å². The van der Waals surface area contributed by atoms with E-state index >= 15 is 0 Å². The van der Waals surface area contributed by atoms with Crippen molar-refractivity contribution >= 4 is 40.9 Å². The zero-order chi connectivity index (χ0) is 28.9. The van der Waals surface area contributed by atoms with Crippen LogP contribution in [0, 0.1) is 19.7 Å². The minimum atomic E-state index is -1.05. The third kappa shape index (κ3) is 7.14. The van der Waals surface area contributed by atoms with Gasteiger partial charge < -0.3 is 19.7 Å². The number of fused-ring (bicyclic) bond motifs is 1. The maximum Gasteiger partial charge on any atom is 0.251 e. The molecular formula is C30H26ClFN4O4S. The molecule has 0 radical (unpaired) electrons. The molecule has 2 heterocycles. The highest BCUT2D eigenvalue weighted by atomic mass is 35.5. The predicted octanol–water partition coefficient (Wildman–Crippen LogP) is 6.12. The van der Waals surface area contributed by atoms with Crippen LogP contribution in [0.5, 0.6) is 11.5 Å². The van der Waals surface area contributed by atoms with Crippen LogP contribution < -0.4 is 14.8 Å². The molecule has 1 aliphatic heterocycles. The lowest BCUT2D eigenvalue weighted by molar-refractivity contribution is -0.137. The first kappa shape index (κ1) is 28.4. The molecule has 0 saturated heterocycles. The number of carbonyl (C=O) groups is 2. The lowest BCUT2D eigenvalue weighted by Crippen LogP contribution is -2.41. The maximum atomic E-state index is 14.0. The summed E-state index contributed by atoms with van der Waals surface area (Å²) in [6, 6.07) is 18.4. The second-order valence-electron chi connectivity index (χ2n) is 9.38. The van der Waals surface area contributed by atoms with Gasteiger partial charge in [-0.1, -0.05) is 47.6 Å². The van der Waals surface area contributed by atoms with Crippen LogP contribution >= 0.6 is 23.4 Å². The third-order valence-corrected chi connectivity index (χ3v) is 7.34. The van der Waals surface area contributed by atoms with E-state index in [1.807, 2.05) is 19.9 Å². The van der Waals surface area contributed by atoms with Crippen molar-refractivity contribution in [1.29, 1.82) is 0 Å². The summed E-state index contributed by atoms with van der Waals surface area (Å²) in [5, 5.41) is 3.86. The van der Waals surface area contributed by atoms with Crippen molar-refractivity contribution in [2.24, 2.45) is 0 Å². The maximum absolute atomic E-state index is 14.0. The monoisotopic (exact) mass is 592 g/mol. The molecule has 5 rings (SSSR count). The molecule has 0 saturated carbocycles. The zero-order valence-corrected chi connectivity index (χ0v) is 23.8. The van der Waals surface area contributed by atoms with E-state index < -0.39 is 17.8 Å². The molecule has 11 heteroatoms. The molecular weight excluding hydrogens is 567 g/mol. The SMILES string of the molecule is Cc1cc(C)nc(SCC(=O)N(Cc2ccc(F)cc2)[C@@H](C(=O)Nc2ccc3c(c2)OCO3)c2ccc(Cl)cc2)n1. The number of aromatic nitrogens is 2. The van der Waals surface area contributed by atoms with Crippen molar-refractivity contribution < 1.29 is 23.5 Å². The normalized spacial score (nSPS) is 12.6. The number of benzene rings is 3. The molecule has 0 bridgehead atoms. The number of nitrogens with one attached hydrogen (secondary N) is 1.